The zero-order chi connectivity index (χ0) is 16.4. The molecular formula is C15H16N4O2S. The van der Waals surface area contributed by atoms with Crippen molar-refractivity contribution in [2.75, 3.05) is 5.32 Å². The van der Waals surface area contributed by atoms with Crippen LogP contribution in [0.3, 0.4) is 0 Å². The molecule has 2 N–H and O–H groups in total. The van der Waals surface area contributed by atoms with Crippen LogP contribution in [0.1, 0.15) is 44.5 Å². The second-order valence-corrected chi connectivity index (χ2v) is 6.12. The highest BCUT2D eigenvalue weighted by atomic mass is 32.1. The highest BCUT2D eigenvalue weighted by Crippen LogP contribution is 2.33. The molecule has 0 aliphatic carbocycles. The minimum atomic E-state index is -0.539. The van der Waals surface area contributed by atoms with Crippen LogP contribution in [0.4, 0.5) is 5.00 Å². The van der Waals surface area contributed by atoms with Crippen molar-refractivity contribution in [1.29, 1.82) is 5.26 Å². The molecule has 7 heteroatoms. The van der Waals surface area contributed by atoms with Crippen molar-refractivity contribution < 1.29 is 4.79 Å². The Morgan fingerprint density at radius 3 is 2.68 bits per heavy atom. The third-order valence-electron chi connectivity index (χ3n) is 3.60. The lowest BCUT2D eigenvalue weighted by molar-refractivity contribution is 0.102. The molecule has 0 saturated heterocycles. The minimum absolute atomic E-state index is 0.0282. The van der Waals surface area contributed by atoms with Crippen LogP contribution in [0.15, 0.2) is 4.79 Å². The van der Waals surface area contributed by atoms with Crippen molar-refractivity contribution in [3.8, 4) is 6.07 Å². The molecule has 0 fully saturated rings. The summed E-state index contributed by atoms with van der Waals surface area (Å²) < 4.78 is 0. The first-order chi connectivity index (χ1) is 10.4. The molecule has 0 radical (unpaired) electrons. The number of carbonyl (C=O) groups excluding carboxylic acids is 1. The molecule has 2 aromatic heterocycles. The molecule has 6 nitrogen and oxygen atoms in total. The minimum Gasteiger partial charge on any atom is -0.312 e. The lowest BCUT2D eigenvalue weighted by Gasteiger charge is -2.07. The first-order valence-electron chi connectivity index (χ1n) is 6.80. The molecule has 1 amide bonds. The molecule has 114 valence electrons. The van der Waals surface area contributed by atoms with E-state index >= 15 is 0 Å². The van der Waals surface area contributed by atoms with Gasteiger partial charge in [0.15, 0.2) is 0 Å². The third-order valence-corrected chi connectivity index (χ3v) is 4.66. The van der Waals surface area contributed by atoms with Crippen LogP contribution in [0.2, 0.25) is 0 Å². The summed E-state index contributed by atoms with van der Waals surface area (Å²) in [5.41, 5.74) is 2.01. The van der Waals surface area contributed by atoms with Crippen LogP contribution >= 0.6 is 11.3 Å². The van der Waals surface area contributed by atoms with Crippen LogP contribution in [0, 0.1) is 32.1 Å². The van der Waals surface area contributed by atoms with Crippen LogP contribution in [-0.2, 0) is 6.42 Å². The number of aromatic nitrogens is 2. The van der Waals surface area contributed by atoms with Crippen LogP contribution in [-0.4, -0.2) is 16.1 Å². The standard InChI is InChI=1S/C15H16N4O2S/c1-5-10-9(4)22-15(11(10)6-16)17-13(20)12-7(2)8(3)18-19-14(12)21/h5H2,1-4H3,(H,17,20)(H,19,21). The number of thiophene rings is 1. The number of amides is 1. The number of aryl methyl sites for hydroxylation is 2. The maximum atomic E-state index is 12.4. The monoisotopic (exact) mass is 316 g/mol. The quantitative estimate of drug-likeness (QED) is 0.908. The number of H-pyrrole nitrogens is 1. The van der Waals surface area contributed by atoms with Gasteiger partial charge in [0.05, 0.1) is 11.3 Å². The molecule has 2 aromatic rings. The Morgan fingerprint density at radius 2 is 2.09 bits per heavy atom. The van der Waals surface area contributed by atoms with E-state index < -0.39 is 11.5 Å². The molecule has 0 aromatic carbocycles. The van der Waals surface area contributed by atoms with Gasteiger partial charge in [-0.05, 0) is 38.3 Å². The maximum absolute atomic E-state index is 12.4. The molecule has 2 rings (SSSR count). The second-order valence-electron chi connectivity index (χ2n) is 4.90. The van der Waals surface area contributed by atoms with E-state index in [1.807, 2.05) is 13.8 Å². The highest BCUT2D eigenvalue weighted by molar-refractivity contribution is 7.16. The van der Waals surface area contributed by atoms with E-state index in [4.69, 9.17) is 0 Å². The summed E-state index contributed by atoms with van der Waals surface area (Å²) in [5, 5.41) is 18.6. The molecule has 0 saturated carbocycles. The molecule has 0 aliphatic heterocycles. The predicted molar refractivity (Wildman–Crippen MR) is 85.4 cm³/mol. The first kappa shape index (κ1) is 15.9. The fourth-order valence-corrected chi connectivity index (χ4v) is 3.37. The number of hydrogen-bond donors (Lipinski definition) is 2. The molecule has 0 spiro atoms. The number of carbonyl (C=O) groups is 1. The average Bonchev–Trinajstić information content (AvgIpc) is 2.77. The van der Waals surface area contributed by atoms with Crippen molar-refractivity contribution in [3.63, 3.8) is 0 Å². The van der Waals surface area contributed by atoms with Gasteiger partial charge >= 0.3 is 0 Å². The van der Waals surface area contributed by atoms with E-state index in [0.29, 0.717) is 21.8 Å². The van der Waals surface area contributed by atoms with Gasteiger partial charge in [0.2, 0.25) is 0 Å². The van der Waals surface area contributed by atoms with E-state index in [2.05, 4.69) is 21.6 Å². The van der Waals surface area contributed by atoms with Crippen molar-refractivity contribution >= 4 is 22.2 Å². The summed E-state index contributed by atoms with van der Waals surface area (Å²) >= 11 is 1.35. The number of nitrogens with one attached hydrogen (secondary N) is 2. The third kappa shape index (κ3) is 2.65. The maximum Gasteiger partial charge on any atom is 0.277 e. The van der Waals surface area contributed by atoms with Gasteiger partial charge in [-0.15, -0.1) is 11.3 Å². The summed E-state index contributed by atoms with van der Waals surface area (Å²) in [6.45, 7) is 7.26. The SMILES string of the molecule is CCc1c(C)sc(NC(=O)c2c(C)c(C)n[nH]c2=O)c1C#N. The number of nitrogens with zero attached hydrogens (tertiary/aromatic N) is 2. The normalized spacial score (nSPS) is 10.3. The lowest BCUT2D eigenvalue weighted by Crippen LogP contribution is -2.26. The van der Waals surface area contributed by atoms with Gasteiger partial charge in [0.1, 0.15) is 16.6 Å². The van der Waals surface area contributed by atoms with Gasteiger partial charge in [-0.2, -0.15) is 10.4 Å². The van der Waals surface area contributed by atoms with E-state index in [1.54, 1.807) is 13.8 Å². The number of anilines is 1. The van der Waals surface area contributed by atoms with Gasteiger partial charge in [-0.3, -0.25) is 9.59 Å². The second kappa shape index (κ2) is 6.12. The van der Waals surface area contributed by atoms with Gasteiger partial charge < -0.3 is 5.32 Å². The Hall–Kier alpha value is -2.46. The molecule has 0 bridgehead atoms. The fraction of sp³-hybridized carbons (Fsp3) is 0.333. The van der Waals surface area contributed by atoms with Crippen molar-refractivity contribution in [1.82, 2.24) is 10.2 Å². The Kier molecular flexibility index (Phi) is 4.43. The van der Waals surface area contributed by atoms with Crippen molar-refractivity contribution in [2.45, 2.75) is 34.1 Å². The number of hydrogen-bond acceptors (Lipinski definition) is 5. The van der Waals surface area contributed by atoms with E-state index in [0.717, 1.165) is 16.9 Å². The van der Waals surface area contributed by atoms with Crippen LogP contribution in [0.25, 0.3) is 0 Å². The first-order valence-corrected chi connectivity index (χ1v) is 7.61. The topological polar surface area (TPSA) is 98.6 Å². The van der Waals surface area contributed by atoms with Crippen LogP contribution in [0.5, 0.6) is 0 Å². The summed E-state index contributed by atoms with van der Waals surface area (Å²) in [4.78, 5) is 25.3. The predicted octanol–water partition coefficient (Wildman–Crippen LogP) is 2.44. The van der Waals surface area contributed by atoms with Gasteiger partial charge in [0.25, 0.3) is 11.5 Å². The Labute approximate surface area is 131 Å². The number of nitriles is 1. The van der Waals surface area contributed by atoms with E-state index in [9.17, 15) is 14.9 Å². The molecule has 2 heterocycles. The summed E-state index contributed by atoms with van der Waals surface area (Å²) in [7, 11) is 0. The Morgan fingerprint density at radius 1 is 1.41 bits per heavy atom. The molecule has 0 aliphatic rings. The summed E-state index contributed by atoms with van der Waals surface area (Å²) in [6, 6.07) is 2.13. The Balaban J connectivity index is 2.46. The van der Waals surface area contributed by atoms with E-state index in [-0.39, 0.29) is 5.56 Å². The van der Waals surface area contributed by atoms with Gasteiger partial charge in [-0.25, -0.2) is 5.10 Å². The summed E-state index contributed by atoms with van der Waals surface area (Å²) in [5.74, 6) is -0.523. The van der Waals surface area contributed by atoms with E-state index in [1.165, 1.54) is 11.3 Å². The smallest absolute Gasteiger partial charge is 0.277 e. The van der Waals surface area contributed by atoms with Crippen molar-refractivity contribution in [2.24, 2.45) is 0 Å². The van der Waals surface area contributed by atoms with Crippen molar-refractivity contribution in [3.05, 3.63) is 43.2 Å². The molecule has 0 unspecified atom stereocenters. The molecule has 22 heavy (non-hydrogen) atoms. The Bertz CT molecular complexity index is 842. The molecule has 0 atom stereocenters. The number of rotatable bonds is 3. The van der Waals surface area contributed by atoms with Gasteiger partial charge in [-0.1, -0.05) is 6.92 Å². The lowest BCUT2D eigenvalue weighted by atomic mass is 10.1. The number of aromatic amines is 1. The zero-order valence-electron chi connectivity index (χ0n) is 12.8. The van der Waals surface area contributed by atoms with Crippen LogP contribution < -0.4 is 10.9 Å². The summed E-state index contributed by atoms with van der Waals surface area (Å²) in [6.07, 6.45) is 0.717. The van der Waals surface area contributed by atoms with Gasteiger partial charge in [0, 0.05) is 4.88 Å². The zero-order valence-corrected chi connectivity index (χ0v) is 13.6. The molecular weight excluding hydrogens is 300 g/mol. The fourth-order valence-electron chi connectivity index (χ4n) is 2.28. The highest BCUT2D eigenvalue weighted by Gasteiger charge is 2.20. The largest absolute Gasteiger partial charge is 0.312 e. The average molecular weight is 316 g/mol.